The van der Waals surface area contributed by atoms with Crippen molar-refractivity contribution in [3.63, 3.8) is 0 Å². The third-order valence-electron chi connectivity index (χ3n) is 1.64. The fourth-order valence-electron chi connectivity index (χ4n) is 0.852. The molecule has 0 aliphatic rings. The van der Waals surface area contributed by atoms with Gasteiger partial charge in [-0.05, 0) is 0 Å². The Morgan fingerprint density at radius 2 is 2.17 bits per heavy atom. The number of rotatable bonds is 6. The number of hydrogen-bond acceptors (Lipinski definition) is 8. The lowest BCUT2D eigenvalue weighted by molar-refractivity contribution is -0.114. The van der Waals surface area contributed by atoms with Crippen LogP contribution in [0, 0.1) is 0 Å². The Labute approximate surface area is 107 Å². The molecule has 0 saturated carbocycles. The molecule has 0 bridgehead atoms. The zero-order valence-electron chi connectivity index (χ0n) is 9.32. The molecule has 1 atom stereocenters. The normalized spacial score (nSPS) is 13.3. The number of nitrogens with zero attached hydrogens (tertiary/aromatic N) is 2. The van der Waals surface area contributed by atoms with E-state index in [0.717, 1.165) is 0 Å². The first kappa shape index (κ1) is 14.9. The highest BCUT2D eigenvalue weighted by Crippen LogP contribution is 2.19. The van der Waals surface area contributed by atoms with Crippen LogP contribution < -0.4 is 10.0 Å². The van der Waals surface area contributed by atoms with Crippen molar-refractivity contribution in [3.8, 4) is 0 Å². The van der Waals surface area contributed by atoms with Crippen LogP contribution in [0.4, 0.5) is 5.13 Å². The lowest BCUT2D eigenvalue weighted by Gasteiger charge is -2.07. The lowest BCUT2D eigenvalue weighted by atomic mass is 10.4. The van der Waals surface area contributed by atoms with E-state index < -0.39 is 28.6 Å². The van der Waals surface area contributed by atoms with Crippen LogP contribution in [0.1, 0.15) is 6.92 Å². The summed E-state index contributed by atoms with van der Waals surface area (Å²) in [4.78, 5) is 10.7. The number of hydrogen-bond donors (Lipinski definition) is 4. The molecule has 4 N–H and O–H groups in total. The van der Waals surface area contributed by atoms with Crippen molar-refractivity contribution in [1.29, 1.82) is 0 Å². The maximum Gasteiger partial charge on any atom is 0.269 e. The first-order chi connectivity index (χ1) is 8.35. The molecule has 0 saturated heterocycles. The van der Waals surface area contributed by atoms with Crippen LogP contribution in [0.5, 0.6) is 0 Å². The minimum Gasteiger partial charge on any atom is -0.394 e. The molecule has 1 aromatic rings. The highest BCUT2D eigenvalue weighted by Gasteiger charge is 2.21. The Morgan fingerprint density at radius 3 is 2.72 bits per heavy atom. The predicted molar refractivity (Wildman–Crippen MR) is 62.5 cm³/mol. The third kappa shape index (κ3) is 4.27. The molecule has 0 aromatic carbocycles. The Kier molecular flexibility index (Phi) is 5.10. The minimum absolute atomic E-state index is 0.0607. The number of aliphatic hydroxyl groups is 2. The molecule has 0 aliphatic carbocycles. The van der Waals surface area contributed by atoms with E-state index >= 15 is 0 Å². The van der Waals surface area contributed by atoms with Gasteiger partial charge in [0.1, 0.15) is 0 Å². The maximum absolute atomic E-state index is 11.6. The van der Waals surface area contributed by atoms with E-state index in [2.05, 4.69) is 20.2 Å². The van der Waals surface area contributed by atoms with Crippen LogP contribution in [0.25, 0.3) is 0 Å². The summed E-state index contributed by atoms with van der Waals surface area (Å²) in [6, 6.07) is 0. The maximum atomic E-state index is 11.6. The number of anilines is 1. The quantitative estimate of drug-likeness (QED) is 0.450. The van der Waals surface area contributed by atoms with Gasteiger partial charge in [-0.3, -0.25) is 4.79 Å². The van der Waals surface area contributed by atoms with Gasteiger partial charge < -0.3 is 15.5 Å². The van der Waals surface area contributed by atoms with Gasteiger partial charge in [0.25, 0.3) is 10.0 Å². The second-order valence-corrected chi connectivity index (χ2v) is 6.16. The highest BCUT2D eigenvalue weighted by atomic mass is 32.2. The Balaban J connectivity index is 2.73. The fraction of sp³-hybridized carbons (Fsp3) is 0.571. The molecule has 1 rings (SSSR count). The van der Waals surface area contributed by atoms with Gasteiger partial charge in [-0.15, -0.1) is 10.2 Å². The van der Waals surface area contributed by atoms with Gasteiger partial charge in [0.15, 0.2) is 0 Å². The van der Waals surface area contributed by atoms with E-state index in [1.54, 1.807) is 0 Å². The summed E-state index contributed by atoms with van der Waals surface area (Å²) < 4.78 is 25.0. The van der Waals surface area contributed by atoms with Crippen molar-refractivity contribution >= 4 is 32.4 Å². The molecule has 1 amide bonds. The van der Waals surface area contributed by atoms with Crippen molar-refractivity contribution in [2.75, 3.05) is 18.5 Å². The van der Waals surface area contributed by atoms with Gasteiger partial charge in [-0.25, -0.2) is 13.1 Å². The number of amides is 1. The fourth-order valence-corrected chi connectivity index (χ4v) is 2.91. The van der Waals surface area contributed by atoms with Crippen molar-refractivity contribution in [2.45, 2.75) is 17.4 Å². The molecule has 9 nitrogen and oxygen atoms in total. The molecule has 1 unspecified atom stereocenters. The average Bonchev–Trinajstić information content (AvgIpc) is 2.74. The summed E-state index contributed by atoms with van der Waals surface area (Å²) in [6.07, 6.45) is -1.19. The van der Waals surface area contributed by atoms with Crippen LogP contribution in [-0.4, -0.2) is 54.0 Å². The Morgan fingerprint density at radius 1 is 1.50 bits per heavy atom. The average molecular weight is 296 g/mol. The first-order valence-corrected chi connectivity index (χ1v) is 7.05. The van der Waals surface area contributed by atoms with Crippen molar-refractivity contribution in [3.05, 3.63) is 0 Å². The molecule has 11 heteroatoms. The summed E-state index contributed by atoms with van der Waals surface area (Å²) in [6.45, 7) is 0.356. The van der Waals surface area contributed by atoms with E-state index in [1.165, 1.54) is 6.92 Å². The van der Waals surface area contributed by atoms with E-state index in [1.807, 2.05) is 0 Å². The van der Waals surface area contributed by atoms with Crippen LogP contribution in [0.15, 0.2) is 4.34 Å². The van der Waals surface area contributed by atoms with Crippen molar-refractivity contribution in [1.82, 2.24) is 14.9 Å². The van der Waals surface area contributed by atoms with Crippen molar-refractivity contribution in [2.24, 2.45) is 0 Å². The molecule has 1 aromatic heterocycles. The third-order valence-corrected chi connectivity index (χ3v) is 4.27. The van der Waals surface area contributed by atoms with Gasteiger partial charge in [-0.1, -0.05) is 11.3 Å². The van der Waals surface area contributed by atoms with E-state index in [0.29, 0.717) is 11.3 Å². The monoisotopic (exact) mass is 296 g/mol. The number of sulfonamides is 1. The van der Waals surface area contributed by atoms with Gasteiger partial charge >= 0.3 is 0 Å². The number of aliphatic hydroxyl groups excluding tert-OH is 2. The second kappa shape index (κ2) is 6.15. The largest absolute Gasteiger partial charge is 0.394 e. The standard InChI is InChI=1S/C7H12N4O5S2/c1-4(13)9-6-10-11-7(17-6)18(15,16)8-2-5(14)3-12/h5,8,12,14H,2-3H2,1H3,(H,9,10,13). The minimum atomic E-state index is -3.91. The van der Waals surface area contributed by atoms with Gasteiger partial charge in [0.05, 0.1) is 12.7 Å². The molecule has 0 spiro atoms. The van der Waals surface area contributed by atoms with Crippen LogP contribution in [0.3, 0.4) is 0 Å². The molecule has 102 valence electrons. The lowest BCUT2D eigenvalue weighted by Crippen LogP contribution is -2.33. The number of carbonyl (C=O) groups excluding carboxylic acids is 1. The van der Waals surface area contributed by atoms with Crippen LogP contribution in [0.2, 0.25) is 0 Å². The predicted octanol–water partition coefficient (Wildman–Crippen LogP) is -1.87. The summed E-state index contributed by atoms with van der Waals surface area (Å²) in [5.41, 5.74) is 0. The number of carbonyl (C=O) groups is 1. The Bertz CT molecular complexity index is 514. The van der Waals surface area contributed by atoms with Crippen molar-refractivity contribution < 1.29 is 23.4 Å². The van der Waals surface area contributed by atoms with Crippen LogP contribution in [-0.2, 0) is 14.8 Å². The van der Waals surface area contributed by atoms with Gasteiger partial charge in [-0.2, -0.15) is 0 Å². The summed E-state index contributed by atoms with van der Waals surface area (Å²) >= 11 is 0.679. The molecule has 0 radical (unpaired) electrons. The second-order valence-electron chi connectivity index (χ2n) is 3.24. The Hall–Kier alpha value is -1.14. The summed E-state index contributed by atoms with van der Waals surface area (Å²) in [5.74, 6) is -0.390. The topological polar surface area (TPSA) is 142 Å². The number of aromatic nitrogens is 2. The molecule has 0 aliphatic heterocycles. The zero-order valence-corrected chi connectivity index (χ0v) is 11.0. The molecule has 0 fully saturated rings. The van der Waals surface area contributed by atoms with E-state index in [9.17, 15) is 13.2 Å². The zero-order chi connectivity index (χ0) is 13.8. The highest BCUT2D eigenvalue weighted by molar-refractivity contribution is 7.91. The smallest absolute Gasteiger partial charge is 0.269 e. The molecule has 1 heterocycles. The van der Waals surface area contributed by atoms with Gasteiger partial charge in [0, 0.05) is 13.5 Å². The molecule has 18 heavy (non-hydrogen) atoms. The SMILES string of the molecule is CC(=O)Nc1nnc(S(=O)(=O)NCC(O)CO)s1. The van der Waals surface area contributed by atoms with E-state index in [4.69, 9.17) is 10.2 Å². The molecular formula is C7H12N4O5S2. The van der Waals surface area contributed by atoms with Gasteiger partial charge in [0.2, 0.25) is 15.4 Å². The number of nitrogens with one attached hydrogen (secondary N) is 2. The first-order valence-electron chi connectivity index (χ1n) is 4.75. The van der Waals surface area contributed by atoms with Crippen LogP contribution >= 0.6 is 11.3 Å². The molecular weight excluding hydrogens is 284 g/mol. The summed E-state index contributed by atoms with van der Waals surface area (Å²) in [5, 5.41) is 26.8. The summed E-state index contributed by atoms with van der Waals surface area (Å²) in [7, 11) is -3.91. The van der Waals surface area contributed by atoms with E-state index in [-0.39, 0.29) is 16.0 Å².